The Kier molecular flexibility index (Phi) is 4.86. The van der Waals surface area contributed by atoms with Crippen molar-refractivity contribution >= 4 is 11.6 Å². The van der Waals surface area contributed by atoms with Gasteiger partial charge in [-0.1, -0.05) is 13.3 Å². The summed E-state index contributed by atoms with van der Waals surface area (Å²) in [7, 11) is 1.92. The van der Waals surface area contributed by atoms with Crippen LogP contribution in [0.25, 0.3) is 0 Å². The lowest BCUT2D eigenvalue weighted by molar-refractivity contribution is 0.806. The molecular formula is C13H21N7. The monoisotopic (exact) mass is 275 g/mol. The first-order valence-corrected chi connectivity index (χ1v) is 6.90. The Morgan fingerprint density at radius 2 is 1.90 bits per heavy atom. The molecule has 0 unspecified atom stereocenters. The highest BCUT2D eigenvalue weighted by Gasteiger charge is 2.11. The van der Waals surface area contributed by atoms with E-state index in [1.165, 1.54) is 0 Å². The van der Waals surface area contributed by atoms with Gasteiger partial charge in [0.25, 0.3) is 0 Å². The molecule has 0 aliphatic carbocycles. The molecule has 0 radical (unpaired) electrons. The number of anilines is 2. The molecule has 0 atom stereocenters. The van der Waals surface area contributed by atoms with E-state index in [-0.39, 0.29) is 0 Å². The number of nitrogens with zero attached hydrogens (tertiary/aromatic N) is 5. The van der Waals surface area contributed by atoms with E-state index in [4.69, 9.17) is 0 Å². The van der Waals surface area contributed by atoms with Crippen LogP contribution in [0.1, 0.15) is 31.7 Å². The van der Waals surface area contributed by atoms with E-state index in [0.717, 1.165) is 42.4 Å². The first-order chi connectivity index (χ1) is 9.76. The minimum Gasteiger partial charge on any atom is -0.370 e. The predicted molar refractivity (Wildman–Crippen MR) is 78.5 cm³/mol. The highest BCUT2D eigenvalue weighted by Crippen LogP contribution is 2.21. The third kappa shape index (κ3) is 3.23. The summed E-state index contributed by atoms with van der Waals surface area (Å²) in [6.07, 6.45) is 5.25. The van der Waals surface area contributed by atoms with Gasteiger partial charge in [0.1, 0.15) is 24.3 Å². The van der Waals surface area contributed by atoms with Crippen molar-refractivity contribution in [2.75, 3.05) is 17.2 Å². The second kappa shape index (κ2) is 6.83. The highest BCUT2D eigenvalue weighted by atomic mass is 15.3. The Morgan fingerprint density at radius 1 is 1.15 bits per heavy atom. The third-order valence-corrected chi connectivity index (χ3v) is 3.01. The van der Waals surface area contributed by atoms with Crippen molar-refractivity contribution in [2.24, 2.45) is 7.05 Å². The highest BCUT2D eigenvalue weighted by molar-refractivity contribution is 5.57. The van der Waals surface area contributed by atoms with Gasteiger partial charge < -0.3 is 15.2 Å². The van der Waals surface area contributed by atoms with Crippen molar-refractivity contribution in [2.45, 2.75) is 33.2 Å². The molecule has 2 heterocycles. The molecule has 0 saturated carbocycles. The second-order valence-corrected chi connectivity index (χ2v) is 4.54. The van der Waals surface area contributed by atoms with Gasteiger partial charge in [-0.05, 0) is 13.3 Å². The van der Waals surface area contributed by atoms with Crippen LogP contribution in [0.5, 0.6) is 0 Å². The molecule has 0 aliphatic heterocycles. The third-order valence-electron chi connectivity index (χ3n) is 3.01. The lowest BCUT2D eigenvalue weighted by atomic mass is 10.1. The van der Waals surface area contributed by atoms with Gasteiger partial charge in [-0.3, -0.25) is 0 Å². The quantitative estimate of drug-likeness (QED) is 0.799. The molecule has 2 aromatic heterocycles. The fourth-order valence-electron chi connectivity index (χ4n) is 2.00. The molecule has 0 amide bonds. The first kappa shape index (κ1) is 14.2. The molecule has 0 spiro atoms. The summed E-state index contributed by atoms with van der Waals surface area (Å²) >= 11 is 0. The molecule has 2 rings (SSSR count). The Hall–Kier alpha value is -2.18. The van der Waals surface area contributed by atoms with Gasteiger partial charge >= 0.3 is 0 Å². The van der Waals surface area contributed by atoms with Crippen LogP contribution in [-0.4, -0.2) is 31.3 Å². The van der Waals surface area contributed by atoms with Gasteiger partial charge in [0.05, 0.1) is 6.54 Å². The minimum atomic E-state index is 0.593. The number of hydrogen-bond acceptors (Lipinski definition) is 6. The second-order valence-electron chi connectivity index (χ2n) is 4.54. The molecular weight excluding hydrogens is 254 g/mol. The summed E-state index contributed by atoms with van der Waals surface area (Å²) in [6.45, 7) is 5.64. The molecule has 2 N–H and O–H groups in total. The van der Waals surface area contributed by atoms with Crippen LogP contribution < -0.4 is 10.6 Å². The average Bonchev–Trinajstić information content (AvgIpc) is 2.85. The summed E-state index contributed by atoms with van der Waals surface area (Å²) in [4.78, 5) is 8.66. The number of aromatic nitrogens is 5. The summed E-state index contributed by atoms with van der Waals surface area (Å²) in [5.41, 5.74) is 1.12. The normalized spacial score (nSPS) is 10.6. The van der Waals surface area contributed by atoms with Crippen LogP contribution in [-0.2, 0) is 20.0 Å². The van der Waals surface area contributed by atoms with Gasteiger partial charge in [-0.15, -0.1) is 10.2 Å². The van der Waals surface area contributed by atoms with Crippen molar-refractivity contribution in [1.82, 2.24) is 24.7 Å². The summed E-state index contributed by atoms with van der Waals surface area (Å²) in [6, 6.07) is 0. The zero-order chi connectivity index (χ0) is 14.4. The first-order valence-electron chi connectivity index (χ1n) is 6.90. The lowest BCUT2D eigenvalue weighted by Gasteiger charge is -2.14. The Morgan fingerprint density at radius 3 is 2.50 bits per heavy atom. The minimum absolute atomic E-state index is 0.593. The van der Waals surface area contributed by atoms with Crippen LogP contribution in [0.4, 0.5) is 11.6 Å². The largest absolute Gasteiger partial charge is 0.370 e. The number of hydrogen-bond donors (Lipinski definition) is 2. The predicted octanol–water partition coefficient (Wildman–Crippen LogP) is 1.60. The van der Waals surface area contributed by atoms with E-state index in [0.29, 0.717) is 6.54 Å². The van der Waals surface area contributed by atoms with Gasteiger partial charge in [0, 0.05) is 19.2 Å². The molecule has 108 valence electrons. The Bertz CT molecular complexity index is 549. The number of rotatable bonds is 7. The maximum atomic E-state index is 4.35. The smallest absolute Gasteiger partial charge is 0.151 e. The van der Waals surface area contributed by atoms with Crippen molar-refractivity contribution in [3.63, 3.8) is 0 Å². The van der Waals surface area contributed by atoms with E-state index in [9.17, 15) is 0 Å². The Labute approximate surface area is 118 Å². The number of nitrogens with one attached hydrogen (secondary N) is 2. The van der Waals surface area contributed by atoms with Gasteiger partial charge in [0.15, 0.2) is 5.82 Å². The Balaban J connectivity index is 2.17. The summed E-state index contributed by atoms with van der Waals surface area (Å²) < 4.78 is 1.89. The zero-order valence-corrected chi connectivity index (χ0v) is 12.2. The zero-order valence-electron chi connectivity index (χ0n) is 12.2. The molecule has 0 bridgehead atoms. The van der Waals surface area contributed by atoms with E-state index < -0.39 is 0 Å². The molecule has 2 aromatic rings. The number of aryl methyl sites for hydroxylation is 1. The van der Waals surface area contributed by atoms with Gasteiger partial charge in [-0.2, -0.15) is 0 Å². The fraction of sp³-hybridized carbons (Fsp3) is 0.538. The fourth-order valence-corrected chi connectivity index (χ4v) is 2.00. The molecule has 0 fully saturated rings. The van der Waals surface area contributed by atoms with E-state index in [1.54, 1.807) is 12.7 Å². The average molecular weight is 275 g/mol. The van der Waals surface area contributed by atoms with E-state index in [2.05, 4.69) is 44.6 Å². The summed E-state index contributed by atoms with van der Waals surface area (Å²) in [5.74, 6) is 2.64. The van der Waals surface area contributed by atoms with Gasteiger partial charge in [-0.25, -0.2) is 9.97 Å². The molecule has 0 saturated heterocycles. The van der Waals surface area contributed by atoms with Crippen LogP contribution in [0.15, 0.2) is 12.7 Å². The van der Waals surface area contributed by atoms with Crippen LogP contribution in [0, 0.1) is 0 Å². The topological polar surface area (TPSA) is 80.6 Å². The SMILES string of the molecule is CCCc1c(NCC)ncnc1NCc1nncn1C. The van der Waals surface area contributed by atoms with Crippen LogP contribution >= 0.6 is 0 Å². The molecule has 20 heavy (non-hydrogen) atoms. The lowest BCUT2D eigenvalue weighted by Crippen LogP contribution is -2.12. The summed E-state index contributed by atoms with van der Waals surface area (Å²) in [5, 5.41) is 14.5. The van der Waals surface area contributed by atoms with Crippen molar-refractivity contribution in [3.05, 3.63) is 24.0 Å². The maximum Gasteiger partial charge on any atom is 0.151 e. The van der Waals surface area contributed by atoms with Crippen LogP contribution in [0.2, 0.25) is 0 Å². The van der Waals surface area contributed by atoms with E-state index >= 15 is 0 Å². The molecule has 0 aliphatic rings. The molecule has 7 heteroatoms. The van der Waals surface area contributed by atoms with Crippen LogP contribution in [0.3, 0.4) is 0 Å². The van der Waals surface area contributed by atoms with Gasteiger partial charge in [0.2, 0.25) is 0 Å². The van der Waals surface area contributed by atoms with Crippen molar-refractivity contribution in [1.29, 1.82) is 0 Å². The van der Waals surface area contributed by atoms with Crippen molar-refractivity contribution < 1.29 is 0 Å². The standard InChI is InChI=1S/C13H21N7/c1-4-6-10-12(14-5-2)16-8-17-13(10)15-7-11-19-18-9-20(11)3/h8-9H,4-7H2,1-3H3,(H2,14,15,16,17). The van der Waals surface area contributed by atoms with Crippen molar-refractivity contribution in [3.8, 4) is 0 Å². The van der Waals surface area contributed by atoms with E-state index in [1.807, 2.05) is 11.6 Å². The maximum absolute atomic E-state index is 4.35. The molecule has 7 nitrogen and oxygen atoms in total. The molecule has 0 aromatic carbocycles.